The Labute approximate surface area is 204 Å². The van der Waals surface area contributed by atoms with Crippen molar-refractivity contribution < 1.29 is 24.2 Å². The van der Waals surface area contributed by atoms with Crippen LogP contribution in [0.3, 0.4) is 0 Å². The molecule has 174 valence electrons. The molecule has 0 saturated heterocycles. The highest BCUT2D eigenvalue weighted by atomic mass is 79.9. The molecule has 0 bridgehead atoms. The molecule has 3 rings (SSSR count). The topological polar surface area (TPSA) is 131 Å². The molecule has 0 radical (unpaired) electrons. The summed E-state index contributed by atoms with van der Waals surface area (Å²) in [4.78, 5) is 36.9. The number of carbonyl (C=O) groups is 3. The summed E-state index contributed by atoms with van der Waals surface area (Å²) in [6.07, 6.45) is 0.839. The predicted molar refractivity (Wildman–Crippen MR) is 132 cm³/mol. The van der Waals surface area contributed by atoms with E-state index in [1.54, 1.807) is 66.7 Å². The molecule has 3 aromatic rings. The summed E-state index contributed by atoms with van der Waals surface area (Å²) in [5, 5.41) is 15.1. The number of aromatic hydroxyl groups is 1. The molecule has 0 aliphatic rings. The van der Waals surface area contributed by atoms with Gasteiger partial charge in [-0.1, -0.05) is 52.3 Å². The number of hydrogen-bond acceptors (Lipinski definition) is 6. The largest absolute Gasteiger partial charge is 0.508 e. The van der Waals surface area contributed by atoms with Crippen molar-refractivity contribution in [2.24, 2.45) is 0 Å². The Balaban J connectivity index is 1.71. The number of rotatable bonds is 7. The molecule has 0 aliphatic heterocycles. The average molecular weight is 524 g/mol. The molecule has 5 N–H and O–H groups in total. The summed E-state index contributed by atoms with van der Waals surface area (Å²) in [5.74, 6) is -1.16. The molecule has 9 heteroatoms. The van der Waals surface area contributed by atoms with E-state index < -0.39 is 24.0 Å². The summed E-state index contributed by atoms with van der Waals surface area (Å²) in [7, 11) is 0. The third kappa shape index (κ3) is 6.94. The number of phenols is 1. The van der Waals surface area contributed by atoms with Gasteiger partial charge in [0.1, 0.15) is 11.9 Å². The Bertz CT molecular complexity index is 1210. The van der Waals surface area contributed by atoms with Gasteiger partial charge in [-0.25, -0.2) is 4.79 Å². The van der Waals surface area contributed by atoms with Gasteiger partial charge in [0.05, 0.1) is 11.4 Å². The monoisotopic (exact) mass is 523 g/mol. The number of alkyl carbamates (subject to hydrolysis) is 1. The predicted octanol–water partition coefficient (Wildman–Crippen LogP) is 4.93. The lowest BCUT2D eigenvalue weighted by atomic mass is 10.0. The molecule has 34 heavy (non-hydrogen) atoms. The SMILES string of the molecule is Nc1ccccc1NC(=O)/C=C/C[C@@H](OC(=O)NC(=O)c1ccccc1)c1cc(Br)ccc1O. The highest BCUT2D eigenvalue weighted by Crippen LogP contribution is 2.32. The standard InChI is InChI=1S/C25H22BrN3O5/c26-17-13-14-21(30)18(15-17)22(34-25(33)29-24(32)16-7-2-1-3-8-16)11-6-12-23(31)28-20-10-5-4-9-19(20)27/h1-10,12-15,22,30H,11,27H2,(H,28,31)(H,29,32,33)/b12-6+/t22-/m1/s1. The lowest BCUT2D eigenvalue weighted by Gasteiger charge is -2.18. The fourth-order valence-electron chi connectivity index (χ4n) is 3.02. The molecular weight excluding hydrogens is 502 g/mol. The van der Waals surface area contributed by atoms with Crippen molar-refractivity contribution >= 4 is 45.2 Å². The molecule has 0 unspecified atom stereocenters. The van der Waals surface area contributed by atoms with E-state index in [2.05, 4.69) is 26.6 Å². The van der Waals surface area contributed by atoms with Gasteiger partial charge in [-0.2, -0.15) is 0 Å². The number of anilines is 2. The summed E-state index contributed by atoms with van der Waals surface area (Å²) >= 11 is 3.32. The number of phenolic OH excluding ortho intramolecular Hbond substituents is 1. The van der Waals surface area contributed by atoms with Crippen molar-refractivity contribution in [1.82, 2.24) is 5.32 Å². The lowest BCUT2D eigenvalue weighted by Crippen LogP contribution is -2.32. The first-order chi connectivity index (χ1) is 16.3. The van der Waals surface area contributed by atoms with Crippen LogP contribution in [0.25, 0.3) is 0 Å². The van der Waals surface area contributed by atoms with E-state index in [0.717, 1.165) is 0 Å². The van der Waals surface area contributed by atoms with Crippen LogP contribution in [0.5, 0.6) is 5.75 Å². The maximum atomic E-state index is 12.4. The number of benzene rings is 3. The van der Waals surface area contributed by atoms with Crippen LogP contribution in [0.1, 0.15) is 28.4 Å². The molecule has 3 amide bonds. The minimum absolute atomic E-state index is 0.0503. The Kier molecular flexibility index (Phi) is 8.42. The molecule has 8 nitrogen and oxygen atoms in total. The van der Waals surface area contributed by atoms with Crippen LogP contribution >= 0.6 is 15.9 Å². The van der Waals surface area contributed by atoms with Gasteiger partial charge in [0.2, 0.25) is 5.91 Å². The van der Waals surface area contributed by atoms with Crippen molar-refractivity contribution in [3.8, 4) is 5.75 Å². The van der Waals surface area contributed by atoms with Crippen molar-refractivity contribution in [1.29, 1.82) is 0 Å². The summed E-state index contributed by atoms with van der Waals surface area (Å²) in [6.45, 7) is 0. The third-order valence-electron chi connectivity index (χ3n) is 4.68. The van der Waals surface area contributed by atoms with E-state index in [9.17, 15) is 19.5 Å². The van der Waals surface area contributed by atoms with Gasteiger partial charge in [-0.3, -0.25) is 14.9 Å². The number of halogens is 1. The second kappa shape index (κ2) is 11.7. The minimum Gasteiger partial charge on any atom is -0.508 e. The van der Waals surface area contributed by atoms with E-state index in [0.29, 0.717) is 21.4 Å². The number of nitrogens with one attached hydrogen (secondary N) is 2. The Morgan fingerprint density at radius 3 is 2.47 bits per heavy atom. The summed E-state index contributed by atoms with van der Waals surface area (Å²) in [5.41, 5.74) is 7.30. The number of amides is 3. The molecule has 0 saturated carbocycles. The second-order valence-electron chi connectivity index (χ2n) is 7.13. The van der Waals surface area contributed by atoms with Gasteiger partial charge in [0.15, 0.2) is 0 Å². The fourth-order valence-corrected chi connectivity index (χ4v) is 3.40. The van der Waals surface area contributed by atoms with Gasteiger partial charge in [0, 0.05) is 22.0 Å². The zero-order valence-electron chi connectivity index (χ0n) is 17.9. The number of carbonyl (C=O) groups excluding carboxylic acids is 3. The highest BCUT2D eigenvalue weighted by Gasteiger charge is 2.21. The molecule has 0 spiro atoms. The van der Waals surface area contributed by atoms with Gasteiger partial charge in [-0.05, 0) is 48.5 Å². The van der Waals surface area contributed by atoms with Crippen LogP contribution < -0.4 is 16.4 Å². The number of nitrogen functional groups attached to an aromatic ring is 1. The van der Waals surface area contributed by atoms with Gasteiger partial charge >= 0.3 is 6.09 Å². The van der Waals surface area contributed by atoms with Crippen LogP contribution in [0.2, 0.25) is 0 Å². The molecule has 0 aromatic heterocycles. The minimum atomic E-state index is -0.992. The first-order valence-corrected chi connectivity index (χ1v) is 11.0. The third-order valence-corrected chi connectivity index (χ3v) is 5.17. The normalized spacial score (nSPS) is 11.6. The maximum Gasteiger partial charge on any atom is 0.414 e. The van der Waals surface area contributed by atoms with Crippen LogP contribution in [-0.4, -0.2) is 23.0 Å². The van der Waals surface area contributed by atoms with Crippen molar-refractivity contribution in [3.05, 3.63) is 101 Å². The summed E-state index contributed by atoms with van der Waals surface area (Å²) < 4.78 is 6.08. The maximum absolute atomic E-state index is 12.4. The van der Waals surface area contributed by atoms with Crippen LogP contribution in [0, 0.1) is 0 Å². The average Bonchev–Trinajstić information content (AvgIpc) is 2.82. The lowest BCUT2D eigenvalue weighted by molar-refractivity contribution is -0.111. The molecule has 1 atom stereocenters. The number of imide groups is 1. The molecular formula is C25H22BrN3O5. The smallest absolute Gasteiger partial charge is 0.414 e. The van der Waals surface area contributed by atoms with Crippen molar-refractivity contribution in [2.45, 2.75) is 12.5 Å². The fraction of sp³-hybridized carbons (Fsp3) is 0.0800. The quantitative estimate of drug-likeness (QED) is 0.256. The second-order valence-corrected chi connectivity index (χ2v) is 8.05. The zero-order valence-corrected chi connectivity index (χ0v) is 19.5. The van der Waals surface area contributed by atoms with E-state index in [1.165, 1.54) is 18.2 Å². The van der Waals surface area contributed by atoms with Crippen LogP contribution in [0.4, 0.5) is 16.2 Å². The molecule has 3 aromatic carbocycles. The highest BCUT2D eigenvalue weighted by molar-refractivity contribution is 9.10. The van der Waals surface area contributed by atoms with Crippen molar-refractivity contribution in [2.75, 3.05) is 11.1 Å². The van der Waals surface area contributed by atoms with Crippen molar-refractivity contribution in [3.63, 3.8) is 0 Å². The number of para-hydroxylation sites is 2. The molecule has 0 fully saturated rings. The number of hydrogen-bond donors (Lipinski definition) is 4. The van der Waals surface area contributed by atoms with Gasteiger partial charge in [0.25, 0.3) is 5.91 Å². The summed E-state index contributed by atoms with van der Waals surface area (Å²) in [6, 6.07) is 19.7. The van der Waals surface area contributed by atoms with Gasteiger partial charge in [-0.15, -0.1) is 0 Å². The molecule has 0 heterocycles. The first-order valence-electron chi connectivity index (χ1n) is 10.2. The van der Waals surface area contributed by atoms with Crippen LogP contribution in [-0.2, 0) is 9.53 Å². The number of nitrogens with two attached hydrogens (primary N) is 1. The van der Waals surface area contributed by atoms with Gasteiger partial charge < -0.3 is 20.9 Å². The Hall–Kier alpha value is -4.11. The van der Waals surface area contributed by atoms with Crippen LogP contribution in [0.15, 0.2) is 89.4 Å². The first kappa shape index (κ1) is 24.5. The Morgan fingerprint density at radius 1 is 1.03 bits per heavy atom. The van der Waals surface area contributed by atoms with E-state index in [-0.39, 0.29) is 17.7 Å². The van der Waals surface area contributed by atoms with E-state index in [4.69, 9.17) is 10.5 Å². The van der Waals surface area contributed by atoms with E-state index in [1.807, 2.05) is 0 Å². The Morgan fingerprint density at radius 2 is 1.74 bits per heavy atom. The zero-order chi connectivity index (χ0) is 24.5. The van der Waals surface area contributed by atoms with E-state index >= 15 is 0 Å². The number of ether oxygens (including phenoxy) is 1. The molecule has 0 aliphatic carbocycles.